The van der Waals surface area contributed by atoms with E-state index < -0.39 is 12.5 Å². The molecule has 0 saturated carbocycles. The molecule has 1 aromatic rings. The first kappa shape index (κ1) is 13.3. The van der Waals surface area contributed by atoms with Crippen LogP contribution in [-0.4, -0.2) is 29.1 Å². The van der Waals surface area contributed by atoms with Gasteiger partial charge in [-0.2, -0.15) is 5.10 Å². The first-order valence-corrected chi connectivity index (χ1v) is 5.67. The highest BCUT2D eigenvalue weighted by Gasteiger charge is 2.37. The number of carbonyl (C=O) groups is 1. The highest BCUT2D eigenvalue weighted by Crippen LogP contribution is 2.22. The van der Waals surface area contributed by atoms with Crippen LogP contribution in [0.1, 0.15) is 12.0 Å². The number of nitrogens with zero attached hydrogens (tertiary/aromatic N) is 3. The molecule has 19 heavy (non-hydrogen) atoms. The lowest BCUT2D eigenvalue weighted by molar-refractivity contribution is -0.112. The lowest BCUT2D eigenvalue weighted by Crippen LogP contribution is -2.29. The molecule has 1 heterocycles. The summed E-state index contributed by atoms with van der Waals surface area (Å²) >= 11 is 0. The largest absolute Gasteiger partial charge is 0.292 e. The number of Topliss-reactive ketones (excluding diaryl/α,β-unsaturated/α-hetero) is 1. The molecule has 1 atom stereocenters. The van der Waals surface area contributed by atoms with Gasteiger partial charge >= 0.3 is 0 Å². The number of alkyl halides is 2. The van der Waals surface area contributed by atoms with Gasteiger partial charge in [0.2, 0.25) is 0 Å². The van der Waals surface area contributed by atoms with E-state index in [9.17, 15) is 18.5 Å². The quantitative estimate of drug-likeness (QED) is 0.768. The molecule has 1 unspecified atom stereocenters. The van der Waals surface area contributed by atoms with Crippen molar-refractivity contribution >= 4 is 11.5 Å². The number of ketones is 1. The van der Waals surface area contributed by atoms with Crippen molar-refractivity contribution in [2.24, 2.45) is 10.4 Å². The van der Waals surface area contributed by atoms with Crippen molar-refractivity contribution in [1.82, 2.24) is 5.12 Å². The second kappa shape index (κ2) is 5.64. The predicted molar refractivity (Wildman–Crippen MR) is 64.6 cm³/mol. The van der Waals surface area contributed by atoms with Crippen molar-refractivity contribution in [3.8, 4) is 0 Å². The number of benzene rings is 1. The van der Waals surface area contributed by atoms with Crippen molar-refractivity contribution in [2.75, 3.05) is 0 Å². The Labute approximate surface area is 107 Å². The van der Waals surface area contributed by atoms with Gasteiger partial charge in [-0.15, -0.1) is 10.0 Å². The zero-order chi connectivity index (χ0) is 13.8. The smallest absolute Gasteiger partial charge is 0.262 e. The SMILES string of the molecule is O=NN1N=C(C(=O)Cc2ccccc2)CC1C(F)F. The molecule has 1 aliphatic rings. The van der Waals surface area contributed by atoms with Crippen LogP contribution in [0.15, 0.2) is 40.7 Å². The minimum Gasteiger partial charge on any atom is -0.292 e. The topological polar surface area (TPSA) is 62.1 Å². The first-order valence-electron chi connectivity index (χ1n) is 5.67. The number of hydrogen-bond donors (Lipinski definition) is 0. The molecular weight excluding hydrogens is 256 g/mol. The van der Waals surface area contributed by atoms with Gasteiger partial charge in [0.05, 0.1) is 5.29 Å². The Morgan fingerprint density at radius 1 is 1.42 bits per heavy atom. The van der Waals surface area contributed by atoms with Crippen molar-refractivity contribution in [3.05, 3.63) is 40.8 Å². The molecule has 0 aliphatic carbocycles. The molecule has 0 saturated heterocycles. The maximum atomic E-state index is 12.6. The Balaban J connectivity index is 2.06. The molecule has 0 amide bonds. The van der Waals surface area contributed by atoms with Crippen LogP contribution < -0.4 is 0 Å². The zero-order valence-corrected chi connectivity index (χ0v) is 9.87. The van der Waals surface area contributed by atoms with E-state index in [0.717, 1.165) is 5.56 Å². The summed E-state index contributed by atoms with van der Waals surface area (Å²) < 4.78 is 25.2. The van der Waals surface area contributed by atoms with Crippen molar-refractivity contribution in [3.63, 3.8) is 0 Å². The maximum absolute atomic E-state index is 12.6. The Hall–Kier alpha value is -2.18. The monoisotopic (exact) mass is 267 g/mol. The molecule has 0 aromatic heterocycles. The summed E-state index contributed by atoms with van der Waals surface area (Å²) in [6.45, 7) is 0. The highest BCUT2D eigenvalue weighted by molar-refractivity contribution is 6.40. The molecule has 2 rings (SSSR count). The number of hydrazone groups is 1. The maximum Gasteiger partial charge on any atom is 0.262 e. The Kier molecular flexibility index (Phi) is 3.94. The molecule has 1 aromatic carbocycles. The molecule has 0 N–H and O–H groups in total. The fourth-order valence-corrected chi connectivity index (χ4v) is 1.84. The summed E-state index contributed by atoms with van der Waals surface area (Å²) in [5, 5.41) is 6.32. The standard InChI is InChI=1S/C12H11F2N3O2/c13-12(14)10-7-9(15-17(10)16-19)11(18)6-8-4-2-1-3-5-8/h1-5,10,12H,6-7H2. The van der Waals surface area contributed by atoms with E-state index in [2.05, 4.69) is 10.4 Å². The summed E-state index contributed by atoms with van der Waals surface area (Å²) in [5.74, 6) is -0.372. The molecule has 0 spiro atoms. The lowest BCUT2D eigenvalue weighted by Gasteiger charge is -2.12. The molecule has 7 heteroatoms. The minimum absolute atomic E-state index is 0.0336. The summed E-state index contributed by atoms with van der Waals surface area (Å²) in [6.07, 6.45) is -2.96. The third-order valence-corrected chi connectivity index (χ3v) is 2.83. The fourth-order valence-electron chi connectivity index (χ4n) is 1.84. The third-order valence-electron chi connectivity index (χ3n) is 2.83. The van der Waals surface area contributed by atoms with Gasteiger partial charge in [0, 0.05) is 12.8 Å². The van der Waals surface area contributed by atoms with Gasteiger partial charge in [0.1, 0.15) is 11.8 Å². The van der Waals surface area contributed by atoms with E-state index in [-0.39, 0.29) is 24.3 Å². The number of halogens is 2. The summed E-state index contributed by atoms with van der Waals surface area (Å²) in [7, 11) is 0. The third kappa shape index (κ3) is 2.98. The van der Waals surface area contributed by atoms with E-state index in [0.29, 0.717) is 5.12 Å². The van der Waals surface area contributed by atoms with E-state index >= 15 is 0 Å². The van der Waals surface area contributed by atoms with Crippen molar-refractivity contribution in [1.29, 1.82) is 0 Å². The average Bonchev–Trinajstić information content (AvgIpc) is 2.84. The van der Waals surface area contributed by atoms with Crippen LogP contribution in [-0.2, 0) is 11.2 Å². The van der Waals surface area contributed by atoms with Gasteiger partial charge in [-0.05, 0) is 5.56 Å². The second-order valence-electron chi connectivity index (χ2n) is 4.14. The number of hydrogen-bond acceptors (Lipinski definition) is 4. The predicted octanol–water partition coefficient (Wildman–Crippen LogP) is 2.17. The van der Waals surface area contributed by atoms with Gasteiger partial charge in [-0.1, -0.05) is 30.3 Å². The van der Waals surface area contributed by atoms with Crippen LogP contribution in [0.4, 0.5) is 8.78 Å². The molecule has 5 nitrogen and oxygen atoms in total. The molecule has 100 valence electrons. The molecule has 1 aliphatic heterocycles. The normalized spacial score (nSPS) is 18.6. The van der Waals surface area contributed by atoms with Crippen LogP contribution in [0.25, 0.3) is 0 Å². The highest BCUT2D eigenvalue weighted by atomic mass is 19.3. The van der Waals surface area contributed by atoms with E-state index in [1.807, 2.05) is 6.07 Å². The van der Waals surface area contributed by atoms with Crippen LogP contribution in [0.2, 0.25) is 0 Å². The summed E-state index contributed by atoms with van der Waals surface area (Å²) in [4.78, 5) is 22.3. The van der Waals surface area contributed by atoms with Gasteiger partial charge in [-0.3, -0.25) is 4.79 Å². The molecule has 0 fully saturated rings. The van der Waals surface area contributed by atoms with E-state index in [1.165, 1.54) is 0 Å². The van der Waals surface area contributed by atoms with E-state index in [1.54, 1.807) is 24.3 Å². The van der Waals surface area contributed by atoms with Crippen molar-refractivity contribution < 1.29 is 13.6 Å². The number of nitroso groups, excluding NO2 is 1. The van der Waals surface area contributed by atoms with Gasteiger partial charge in [-0.25, -0.2) is 8.78 Å². The van der Waals surface area contributed by atoms with Crippen LogP contribution in [0.3, 0.4) is 0 Å². The zero-order valence-electron chi connectivity index (χ0n) is 9.87. The van der Waals surface area contributed by atoms with Crippen LogP contribution >= 0.6 is 0 Å². The Morgan fingerprint density at radius 2 is 2.11 bits per heavy atom. The fraction of sp³-hybridized carbons (Fsp3) is 0.333. The number of rotatable bonds is 5. The Morgan fingerprint density at radius 3 is 2.63 bits per heavy atom. The van der Waals surface area contributed by atoms with Crippen molar-refractivity contribution in [2.45, 2.75) is 25.3 Å². The average molecular weight is 267 g/mol. The number of carbonyl (C=O) groups excluding carboxylic acids is 1. The summed E-state index contributed by atoms with van der Waals surface area (Å²) in [6, 6.07) is 7.45. The second-order valence-corrected chi connectivity index (χ2v) is 4.14. The van der Waals surface area contributed by atoms with Gasteiger partial charge in [0.25, 0.3) is 6.43 Å². The first-order chi connectivity index (χ1) is 9.11. The molecule has 0 bridgehead atoms. The Bertz CT molecular complexity index is 505. The molecular formula is C12H11F2N3O2. The van der Waals surface area contributed by atoms with Gasteiger partial charge in [0.15, 0.2) is 5.78 Å². The minimum atomic E-state index is -2.77. The lowest BCUT2D eigenvalue weighted by atomic mass is 10.0. The van der Waals surface area contributed by atoms with Gasteiger partial charge < -0.3 is 0 Å². The van der Waals surface area contributed by atoms with Crippen LogP contribution in [0.5, 0.6) is 0 Å². The molecule has 0 radical (unpaired) electrons. The van der Waals surface area contributed by atoms with Crippen LogP contribution in [0, 0.1) is 4.91 Å². The van der Waals surface area contributed by atoms with E-state index in [4.69, 9.17) is 0 Å². The summed E-state index contributed by atoms with van der Waals surface area (Å²) in [5.41, 5.74) is 0.732.